The largest absolute Gasteiger partial charge is 0.493 e. The van der Waals surface area contributed by atoms with E-state index in [0.717, 1.165) is 30.8 Å². The number of amides is 1. The molecular formula is C29H34F3N5O6. The van der Waals surface area contributed by atoms with Crippen molar-refractivity contribution in [1.29, 1.82) is 0 Å². The number of carboxylic acids is 1. The Balaban J connectivity index is 0.000000646. The number of benzene rings is 2. The molecule has 0 saturated carbocycles. The number of carboxylic acid groups (broad SMARTS) is 1. The number of halogens is 3. The SMILES string of the molecule is COc1cc(Nc2nccc(N3CCC[C@H](C(=O)NCc4ccccc4C)C3)n2)cc(OC)c1OC.O=C(O)C(F)(F)F. The number of ether oxygens (including phenoxy) is 3. The molecule has 0 unspecified atom stereocenters. The van der Waals surface area contributed by atoms with Gasteiger partial charge >= 0.3 is 12.1 Å². The standard InChI is InChI=1S/C27H33N5O4.C2HF3O2/c1-18-8-5-6-9-19(18)16-29-26(33)20-10-7-13-32(17-20)24-11-12-28-27(31-24)30-21-14-22(34-2)25(36-4)23(15-21)35-3;3-2(4,5)1(6)7/h5-6,8-9,11-12,14-15,20H,7,10,13,16-17H2,1-4H3,(H,29,33)(H,28,30,31);(H,6,7)/t20-;/m0./s1. The van der Waals surface area contributed by atoms with Gasteiger partial charge in [-0.15, -0.1) is 0 Å². The van der Waals surface area contributed by atoms with Crippen LogP contribution >= 0.6 is 0 Å². The Morgan fingerprint density at radius 3 is 2.30 bits per heavy atom. The predicted octanol–water partition coefficient (Wildman–Crippen LogP) is 4.72. The molecule has 11 nitrogen and oxygen atoms in total. The van der Waals surface area contributed by atoms with Crippen LogP contribution in [0.15, 0.2) is 48.7 Å². The topological polar surface area (TPSA) is 135 Å². The molecule has 0 aliphatic carbocycles. The monoisotopic (exact) mass is 605 g/mol. The molecule has 1 aliphatic rings. The van der Waals surface area contributed by atoms with Crippen LogP contribution in [0.4, 0.5) is 30.6 Å². The normalized spacial score (nSPS) is 14.6. The zero-order valence-electron chi connectivity index (χ0n) is 24.2. The van der Waals surface area contributed by atoms with Crippen LogP contribution in [-0.2, 0) is 16.1 Å². The Morgan fingerprint density at radius 1 is 1.07 bits per heavy atom. The molecule has 3 aromatic rings. The van der Waals surface area contributed by atoms with E-state index < -0.39 is 12.1 Å². The van der Waals surface area contributed by atoms with E-state index in [2.05, 4.69) is 33.5 Å². The minimum Gasteiger partial charge on any atom is -0.493 e. The molecule has 14 heteroatoms. The van der Waals surface area contributed by atoms with Gasteiger partial charge in [0, 0.05) is 43.7 Å². The maximum atomic E-state index is 12.9. The molecule has 3 N–H and O–H groups in total. The Labute approximate surface area is 247 Å². The average molecular weight is 606 g/mol. The van der Waals surface area contributed by atoms with Crippen LogP contribution < -0.4 is 29.7 Å². The van der Waals surface area contributed by atoms with Crippen LogP contribution in [0.3, 0.4) is 0 Å². The summed E-state index contributed by atoms with van der Waals surface area (Å²) in [7, 11) is 4.71. The number of aryl methyl sites for hydroxylation is 1. The summed E-state index contributed by atoms with van der Waals surface area (Å²) in [5, 5.41) is 13.5. The average Bonchev–Trinajstić information content (AvgIpc) is 3.00. The molecule has 1 fully saturated rings. The van der Waals surface area contributed by atoms with Gasteiger partial charge in [0.25, 0.3) is 0 Å². The fraction of sp³-hybridized carbons (Fsp3) is 0.379. The van der Waals surface area contributed by atoms with Gasteiger partial charge in [-0.3, -0.25) is 4.79 Å². The number of rotatable bonds is 9. The molecule has 1 aromatic heterocycles. The number of hydrogen-bond acceptors (Lipinski definition) is 9. The van der Waals surface area contributed by atoms with Gasteiger partial charge in [-0.25, -0.2) is 9.78 Å². The number of piperidine rings is 1. The number of methoxy groups -OCH3 is 3. The number of aromatic nitrogens is 2. The van der Waals surface area contributed by atoms with E-state index in [1.165, 1.54) is 5.56 Å². The molecule has 0 radical (unpaired) electrons. The van der Waals surface area contributed by atoms with Crippen LogP contribution in [0.25, 0.3) is 0 Å². The predicted molar refractivity (Wildman–Crippen MR) is 153 cm³/mol. The lowest BCUT2D eigenvalue weighted by Crippen LogP contribution is -2.43. The number of nitrogens with zero attached hydrogens (tertiary/aromatic N) is 3. The molecule has 4 rings (SSSR count). The first-order chi connectivity index (χ1) is 20.5. The van der Waals surface area contributed by atoms with Crippen molar-refractivity contribution in [2.75, 3.05) is 44.6 Å². The number of anilines is 3. The molecule has 0 spiro atoms. The second-order valence-electron chi connectivity index (χ2n) is 9.51. The van der Waals surface area contributed by atoms with Crippen molar-refractivity contribution in [2.45, 2.75) is 32.5 Å². The molecule has 2 aromatic carbocycles. The summed E-state index contributed by atoms with van der Waals surface area (Å²) in [6.45, 7) is 4.05. The summed E-state index contributed by atoms with van der Waals surface area (Å²) < 4.78 is 48.0. The van der Waals surface area contributed by atoms with Crippen molar-refractivity contribution in [3.8, 4) is 17.2 Å². The summed E-state index contributed by atoms with van der Waals surface area (Å²) in [4.78, 5) is 33.0. The Hall–Kier alpha value is -4.75. The first-order valence-corrected chi connectivity index (χ1v) is 13.2. The zero-order valence-corrected chi connectivity index (χ0v) is 24.2. The van der Waals surface area contributed by atoms with Gasteiger partial charge in [-0.2, -0.15) is 18.2 Å². The maximum absolute atomic E-state index is 12.9. The Kier molecular flexibility index (Phi) is 11.4. The molecule has 1 atom stereocenters. The number of aliphatic carboxylic acids is 1. The molecule has 1 saturated heterocycles. The van der Waals surface area contributed by atoms with E-state index in [-0.39, 0.29) is 11.8 Å². The summed E-state index contributed by atoms with van der Waals surface area (Å²) in [5.41, 5.74) is 3.02. The second-order valence-corrected chi connectivity index (χ2v) is 9.51. The van der Waals surface area contributed by atoms with Gasteiger partial charge in [0.1, 0.15) is 5.82 Å². The minimum atomic E-state index is -5.08. The molecule has 43 heavy (non-hydrogen) atoms. The van der Waals surface area contributed by atoms with E-state index >= 15 is 0 Å². The van der Waals surface area contributed by atoms with E-state index in [9.17, 15) is 18.0 Å². The van der Waals surface area contributed by atoms with Gasteiger partial charge in [0.2, 0.25) is 17.6 Å². The highest BCUT2D eigenvalue weighted by atomic mass is 19.4. The smallest absolute Gasteiger partial charge is 0.490 e. The second kappa shape index (κ2) is 14.9. The molecule has 1 amide bonds. The third-order valence-corrected chi connectivity index (χ3v) is 6.63. The summed E-state index contributed by atoms with van der Waals surface area (Å²) in [5.74, 6) is 0.0197. The number of nitrogens with one attached hydrogen (secondary N) is 2. The number of carbonyl (C=O) groups is 2. The lowest BCUT2D eigenvalue weighted by atomic mass is 9.97. The molecule has 2 heterocycles. The van der Waals surface area contributed by atoms with E-state index in [1.807, 2.05) is 24.3 Å². The van der Waals surface area contributed by atoms with E-state index in [4.69, 9.17) is 29.1 Å². The van der Waals surface area contributed by atoms with Crippen LogP contribution in [0.5, 0.6) is 17.2 Å². The Morgan fingerprint density at radius 2 is 1.72 bits per heavy atom. The molecule has 0 bridgehead atoms. The van der Waals surface area contributed by atoms with Gasteiger partial charge in [-0.1, -0.05) is 24.3 Å². The fourth-order valence-corrected chi connectivity index (χ4v) is 4.40. The van der Waals surface area contributed by atoms with Gasteiger partial charge in [0.15, 0.2) is 11.5 Å². The third-order valence-electron chi connectivity index (χ3n) is 6.63. The minimum absolute atomic E-state index is 0.0766. The third kappa shape index (κ3) is 9.12. The number of hydrogen-bond donors (Lipinski definition) is 3. The van der Waals surface area contributed by atoms with Crippen molar-refractivity contribution >= 4 is 29.3 Å². The Bertz CT molecular complexity index is 1380. The first-order valence-electron chi connectivity index (χ1n) is 13.2. The first kappa shape index (κ1) is 32.8. The fourth-order valence-electron chi connectivity index (χ4n) is 4.40. The van der Waals surface area contributed by atoms with Crippen molar-refractivity contribution < 1.29 is 42.1 Å². The highest BCUT2D eigenvalue weighted by Gasteiger charge is 2.38. The quantitative estimate of drug-likeness (QED) is 0.315. The zero-order chi connectivity index (χ0) is 31.6. The highest BCUT2D eigenvalue weighted by molar-refractivity contribution is 5.79. The number of carbonyl (C=O) groups excluding carboxylic acids is 1. The van der Waals surface area contributed by atoms with Gasteiger partial charge in [-0.05, 0) is 37.0 Å². The van der Waals surface area contributed by atoms with Crippen LogP contribution in [0.2, 0.25) is 0 Å². The summed E-state index contributed by atoms with van der Waals surface area (Å²) >= 11 is 0. The van der Waals surface area contributed by atoms with Crippen molar-refractivity contribution in [3.05, 3.63) is 59.8 Å². The van der Waals surface area contributed by atoms with Crippen molar-refractivity contribution in [1.82, 2.24) is 15.3 Å². The van der Waals surface area contributed by atoms with Crippen LogP contribution in [-0.4, -0.2) is 67.5 Å². The molecule has 232 valence electrons. The maximum Gasteiger partial charge on any atom is 0.490 e. The lowest BCUT2D eigenvalue weighted by molar-refractivity contribution is -0.192. The summed E-state index contributed by atoms with van der Waals surface area (Å²) in [6, 6.07) is 13.6. The molecular weight excluding hydrogens is 571 g/mol. The van der Waals surface area contributed by atoms with Crippen molar-refractivity contribution in [3.63, 3.8) is 0 Å². The van der Waals surface area contributed by atoms with Gasteiger partial charge < -0.3 is 34.9 Å². The lowest BCUT2D eigenvalue weighted by Gasteiger charge is -2.33. The number of alkyl halides is 3. The summed E-state index contributed by atoms with van der Waals surface area (Å²) in [6.07, 6.45) is -1.59. The highest BCUT2D eigenvalue weighted by Crippen LogP contribution is 2.40. The van der Waals surface area contributed by atoms with Gasteiger partial charge in [0.05, 0.1) is 27.2 Å². The van der Waals surface area contributed by atoms with Crippen LogP contribution in [0, 0.1) is 12.8 Å². The molecule has 1 aliphatic heterocycles. The van der Waals surface area contributed by atoms with Crippen LogP contribution in [0.1, 0.15) is 24.0 Å². The van der Waals surface area contributed by atoms with E-state index in [0.29, 0.717) is 42.0 Å². The van der Waals surface area contributed by atoms with Crippen molar-refractivity contribution in [2.24, 2.45) is 5.92 Å². The van der Waals surface area contributed by atoms with E-state index in [1.54, 1.807) is 39.7 Å².